The van der Waals surface area contributed by atoms with Gasteiger partial charge in [0.15, 0.2) is 5.13 Å². The van der Waals surface area contributed by atoms with Crippen molar-refractivity contribution in [1.82, 2.24) is 4.98 Å². The fourth-order valence-corrected chi connectivity index (χ4v) is 4.04. The molecule has 8 heteroatoms. The molecule has 158 valence electrons. The van der Waals surface area contributed by atoms with Crippen molar-refractivity contribution in [3.8, 4) is 6.07 Å². The minimum atomic E-state index is -0.278. The van der Waals surface area contributed by atoms with E-state index in [1.165, 1.54) is 11.3 Å². The first kappa shape index (κ1) is 22.5. The molecular weight excluding hydrogens is 432 g/mol. The normalized spacial score (nSPS) is 10.3. The Bertz CT molecular complexity index is 1080. The van der Waals surface area contributed by atoms with Crippen molar-refractivity contribution < 1.29 is 9.59 Å². The number of carbonyl (C=O) groups is 2. The van der Waals surface area contributed by atoms with Crippen LogP contribution >= 0.6 is 22.9 Å². The Hall–Kier alpha value is -3.21. The number of anilines is 2. The molecule has 1 heterocycles. The molecule has 0 atom stereocenters. The van der Waals surface area contributed by atoms with Gasteiger partial charge in [0.25, 0.3) is 0 Å². The standard InChI is InChI=1S/C23H21ClN4O2S/c24-20-10-5-4-7-17(20)15-19-16-26-23(31-19)27-21(29)11-12-22(30)28(14-6-13-25)18-8-2-1-3-9-18/h1-5,7-10,16H,6,11-12,14-15H2,(H,26,27,29). The summed E-state index contributed by atoms with van der Waals surface area (Å²) in [5.74, 6) is -0.476. The largest absolute Gasteiger partial charge is 0.311 e. The number of nitriles is 1. The number of halogens is 1. The average molecular weight is 453 g/mol. The summed E-state index contributed by atoms with van der Waals surface area (Å²) in [5.41, 5.74) is 1.71. The number of hydrogen-bond donors (Lipinski definition) is 1. The monoisotopic (exact) mass is 452 g/mol. The second-order valence-corrected chi connectivity index (χ2v) is 8.26. The summed E-state index contributed by atoms with van der Waals surface area (Å²) in [6.45, 7) is 0.291. The lowest BCUT2D eigenvalue weighted by Crippen LogP contribution is -2.32. The fourth-order valence-electron chi connectivity index (χ4n) is 2.98. The van der Waals surface area contributed by atoms with Crippen LogP contribution in [-0.4, -0.2) is 23.3 Å². The molecule has 0 unspecified atom stereocenters. The molecule has 31 heavy (non-hydrogen) atoms. The second-order valence-electron chi connectivity index (χ2n) is 6.74. The smallest absolute Gasteiger partial charge is 0.227 e. The van der Waals surface area contributed by atoms with Gasteiger partial charge >= 0.3 is 0 Å². The van der Waals surface area contributed by atoms with Gasteiger partial charge in [-0.05, 0) is 23.8 Å². The number of rotatable bonds is 9. The number of nitrogens with zero attached hydrogens (tertiary/aromatic N) is 3. The van der Waals surface area contributed by atoms with Gasteiger partial charge in [-0.1, -0.05) is 48.0 Å². The van der Waals surface area contributed by atoms with E-state index in [0.29, 0.717) is 28.8 Å². The molecule has 0 spiro atoms. The van der Waals surface area contributed by atoms with Crippen LogP contribution in [0.2, 0.25) is 5.02 Å². The molecule has 3 rings (SSSR count). The highest BCUT2D eigenvalue weighted by Gasteiger charge is 2.17. The van der Waals surface area contributed by atoms with E-state index in [4.69, 9.17) is 16.9 Å². The Kier molecular flexibility index (Phi) is 8.16. The molecule has 0 radical (unpaired) electrons. The Morgan fingerprint density at radius 1 is 1.10 bits per heavy atom. The van der Waals surface area contributed by atoms with Crippen LogP contribution in [0.25, 0.3) is 0 Å². The zero-order valence-corrected chi connectivity index (χ0v) is 18.3. The molecule has 0 bridgehead atoms. The lowest BCUT2D eigenvalue weighted by Gasteiger charge is -2.21. The quantitative estimate of drug-likeness (QED) is 0.492. The summed E-state index contributed by atoms with van der Waals surface area (Å²) >= 11 is 7.58. The molecule has 0 aliphatic heterocycles. The summed E-state index contributed by atoms with van der Waals surface area (Å²) in [6, 6.07) is 18.8. The molecule has 0 fully saturated rings. The van der Waals surface area contributed by atoms with E-state index in [1.54, 1.807) is 11.1 Å². The van der Waals surface area contributed by atoms with E-state index in [9.17, 15) is 9.59 Å². The molecule has 0 saturated heterocycles. The van der Waals surface area contributed by atoms with Crippen LogP contribution in [0.1, 0.15) is 29.7 Å². The van der Waals surface area contributed by atoms with Crippen LogP contribution in [0.4, 0.5) is 10.8 Å². The van der Waals surface area contributed by atoms with Gasteiger partial charge in [-0.2, -0.15) is 5.26 Å². The Balaban J connectivity index is 1.53. The lowest BCUT2D eigenvalue weighted by molar-refractivity contribution is -0.122. The van der Waals surface area contributed by atoms with Crippen molar-refractivity contribution in [2.75, 3.05) is 16.8 Å². The molecule has 0 saturated carbocycles. The first-order chi connectivity index (χ1) is 15.1. The van der Waals surface area contributed by atoms with Crippen LogP contribution in [0.15, 0.2) is 60.8 Å². The third kappa shape index (κ3) is 6.64. The Morgan fingerprint density at radius 3 is 2.58 bits per heavy atom. The number of para-hydroxylation sites is 1. The molecule has 0 aliphatic carbocycles. The van der Waals surface area contributed by atoms with Crippen molar-refractivity contribution >= 4 is 45.6 Å². The summed E-state index contributed by atoms with van der Waals surface area (Å²) in [4.78, 5) is 31.7. The molecule has 3 aromatic rings. The summed E-state index contributed by atoms with van der Waals surface area (Å²) < 4.78 is 0. The zero-order chi connectivity index (χ0) is 22.1. The van der Waals surface area contributed by atoms with Gasteiger partial charge in [0, 0.05) is 47.6 Å². The predicted molar refractivity (Wildman–Crippen MR) is 123 cm³/mol. The number of aromatic nitrogens is 1. The van der Waals surface area contributed by atoms with E-state index in [1.807, 2.05) is 54.6 Å². The van der Waals surface area contributed by atoms with Crippen LogP contribution in [0.5, 0.6) is 0 Å². The highest BCUT2D eigenvalue weighted by molar-refractivity contribution is 7.15. The van der Waals surface area contributed by atoms with Crippen molar-refractivity contribution in [3.63, 3.8) is 0 Å². The van der Waals surface area contributed by atoms with Crippen LogP contribution in [-0.2, 0) is 16.0 Å². The van der Waals surface area contributed by atoms with Crippen molar-refractivity contribution in [2.45, 2.75) is 25.7 Å². The predicted octanol–water partition coefficient (Wildman–Crippen LogP) is 5.05. The summed E-state index contributed by atoms with van der Waals surface area (Å²) in [6.07, 6.45) is 2.66. The van der Waals surface area contributed by atoms with Crippen molar-refractivity contribution in [1.29, 1.82) is 5.26 Å². The minimum absolute atomic E-state index is 0.0359. The number of nitrogens with one attached hydrogen (secondary N) is 1. The van der Waals surface area contributed by atoms with E-state index in [0.717, 1.165) is 10.4 Å². The van der Waals surface area contributed by atoms with Gasteiger partial charge in [-0.25, -0.2) is 4.98 Å². The fraction of sp³-hybridized carbons (Fsp3) is 0.217. The van der Waals surface area contributed by atoms with Gasteiger partial charge in [0.1, 0.15) is 0 Å². The maximum Gasteiger partial charge on any atom is 0.227 e. The second kappa shape index (κ2) is 11.3. The SMILES string of the molecule is N#CCCN(C(=O)CCC(=O)Nc1ncc(Cc2ccccc2Cl)s1)c1ccccc1. The van der Waals surface area contributed by atoms with Gasteiger partial charge in [0.05, 0.1) is 12.5 Å². The number of hydrogen-bond acceptors (Lipinski definition) is 5. The van der Waals surface area contributed by atoms with Crippen LogP contribution in [0, 0.1) is 11.3 Å². The van der Waals surface area contributed by atoms with E-state index in [-0.39, 0.29) is 31.1 Å². The number of amides is 2. The van der Waals surface area contributed by atoms with Crippen LogP contribution in [0.3, 0.4) is 0 Å². The van der Waals surface area contributed by atoms with Gasteiger partial charge in [-0.3, -0.25) is 9.59 Å². The summed E-state index contributed by atoms with van der Waals surface area (Å²) in [7, 11) is 0. The molecular formula is C23H21ClN4O2S. The third-order valence-electron chi connectivity index (χ3n) is 4.50. The van der Waals surface area contributed by atoms with Gasteiger partial charge < -0.3 is 10.2 Å². The van der Waals surface area contributed by atoms with Crippen molar-refractivity contribution in [3.05, 3.63) is 76.3 Å². The van der Waals surface area contributed by atoms with Crippen LogP contribution < -0.4 is 10.2 Å². The first-order valence-electron chi connectivity index (χ1n) is 9.77. The maximum absolute atomic E-state index is 12.7. The van der Waals surface area contributed by atoms with Gasteiger partial charge in [0.2, 0.25) is 11.8 Å². The third-order valence-corrected chi connectivity index (χ3v) is 5.79. The minimum Gasteiger partial charge on any atom is -0.311 e. The lowest BCUT2D eigenvalue weighted by atomic mass is 10.1. The van der Waals surface area contributed by atoms with E-state index >= 15 is 0 Å². The van der Waals surface area contributed by atoms with Crippen molar-refractivity contribution in [2.24, 2.45) is 0 Å². The molecule has 1 N–H and O–H groups in total. The van der Waals surface area contributed by atoms with E-state index < -0.39 is 0 Å². The highest BCUT2D eigenvalue weighted by atomic mass is 35.5. The topological polar surface area (TPSA) is 86.1 Å². The Morgan fingerprint density at radius 2 is 1.84 bits per heavy atom. The average Bonchev–Trinajstić information content (AvgIpc) is 3.21. The molecule has 1 aromatic heterocycles. The molecule has 2 amide bonds. The molecule has 2 aromatic carbocycles. The van der Waals surface area contributed by atoms with Gasteiger partial charge in [-0.15, -0.1) is 11.3 Å². The maximum atomic E-state index is 12.7. The molecule has 6 nitrogen and oxygen atoms in total. The number of thiazole rings is 1. The van der Waals surface area contributed by atoms with E-state index in [2.05, 4.69) is 16.4 Å². The first-order valence-corrected chi connectivity index (χ1v) is 11.0. The Labute approximate surface area is 190 Å². The summed E-state index contributed by atoms with van der Waals surface area (Å²) in [5, 5.41) is 12.8. The molecule has 0 aliphatic rings. The highest BCUT2D eigenvalue weighted by Crippen LogP contribution is 2.25. The number of benzene rings is 2. The number of carbonyl (C=O) groups excluding carboxylic acids is 2. The zero-order valence-electron chi connectivity index (χ0n) is 16.8.